The largest absolute Gasteiger partial charge is 0.246 e. The summed E-state index contributed by atoms with van der Waals surface area (Å²) in [5.74, 6) is 0. The Kier molecular flexibility index (Phi) is 3.00. The van der Waals surface area contributed by atoms with E-state index in [1.54, 1.807) is 18.2 Å². The molecule has 0 saturated heterocycles. The molecule has 0 aliphatic heterocycles. The standard InChI is InChI=1S/C8H7BrF2/c9-8-2-1-6(4-10)7(3-8)5-11/h1-3H,4-5H2. The Labute approximate surface area is 72.4 Å². The summed E-state index contributed by atoms with van der Waals surface area (Å²) in [6.07, 6.45) is 0. The molecule has 0 nitrogen and oxygen atoms in total. The van der Waals surface area contributed by atoms with Crippen molar-refractivity contribution in [3.05, 3.63) is 33.8 Å². The van der Waals surface area contributed by atoms with E-state index in [1.807, 2.05) is 0 Å². The molecule has 0 aliphatic carbocycles. The van der Waals surface area contributed by atoms with E-state index in [0.717, 1.165) is 4.47 Å². The van der Waals surface area contributed by atoms with Gasteiger partial charge >= 0.3 is 0 Å². The normalized spacial score (nSPS) is 10.1. The van der Waals surface area contributed by atoms with Crippen LogP contribution in [0.3, 0.4) is 0 Å². The van der Waals surface area contributed by atoms with E-state index in [-0.39, 0.29) is 0 Å². The van der Waals surface area contributed by atoms with Crippen LogP contribution in [0, 0.1) is 0 Å². The average molecular weight is 221 g/mol. The number of hydrogen-bond acceptors (Lipinski definition) is 0. The van der Waals surface area contributed by atoms with Crippen LogP contribution in [0.2, 0.25) is 0 Å². The molecule has 0 amide bonds. The summed E-state index contributed by atoms with van der Waals surface area (Å²) in [6.45, 7) is -1.22. The second-order valence-electron chi connectivity index (χ2n) is 2.18. The van der Waals surface area contributed by atoms with Gasteiger partial charge in [0.2, 0.25) is 0 Å². The minimum absolute atomic E-state index is 0.418. The first-order valence-electron chi connectivity index (χ1n) is 3.17. The molecule has 0 bridgehead atoms. The molecular formula is C8H7BrF2. The molecule has 0 saturated carbocycles. The lowest BCUT2D eigenvalue weighted by Gasteiger charge is -2.01. The maximum atomic E-state index is 12.2. The summed E-state index contributed by atoms with van der Waals surface area (Å²) in [6, 6.07) is 4.88. The number of hydrogen-bond donors (Lipinski definition) is 0. The molecule has 0 N–H and O–H groups in total. The molecule has 3 heteroatoms. The first-order chi connectivity index (χ1) is 5.27. The number of benzene rings is 1. The molecule has 0 spiro atoms. The maximum absolute atomic E-state index is 12.2. The molecule has 60 valence electrons. The van der Waals surface area contributed by atoms with Crippen molar-refractivity contribution in [3.63, 3.8) is 0 Å². The number of alkyl halides is 2. The zero-order valence-corrected chi connectivity index (χ0v) is 7.37. The molecule has 0 unspecified atom stereocenters. The summed E-state index contributed by atoms with van der Waals surface area (Å²) < 4.78 is 25.1. The lowest BCUT2D eigenvalue weighted by atomic mass is 10.1. The summed E-state index contributed by atoms with van der Waals surface area (Å²) in [5, 5.41) is 0. The third-order valence-corrected chi connectivity index (χ3v) is 1.95. The zero-order chi connectivity index (χ0) is 8.27. The molecule has 0 fully saturated rings. The second kappa shape index (κ2) is 3.81. The Morgan fingerprint density at radius 1 is 1.09 bits per heavy atom. The van der Waals surface area contributed by atoms with Gasteiger partial charge in [0.1, 0.15) is 13.3 Å². The fourth-order valence-electron chi connectivity index (χ4n) is 0.849. The number of rotatable bonds is 2. The average Bonchev–Trinajstić information content (AvgIpc) is 2.04. The fraction of sp³-hybridized carbons (Fsp3) is 0.250. The van der Waals surface area contributed by atoms with Crippen LogP contribution < -0.4 is 0 Å². The minimum Gasteiger partial charge on any atom is -0.246 e. The molecule has 0 aliphatic rings. The molecule has 1 aromatic rings. The van der Waals surface area contributed by atoms with Crippen molar-refractivity contribution in [2.45, 2.75) is 13.3 Å². The van der Waals surface area contributed by atoms with Crippen LogP contribution in [0.4, 0.5) is 8.78 Å². The SMILES string of the molecule is FCc1ccc(Br)cc1CF. The van der Waals surface area contributed by atoms with Gasteiger partial charge in [-0.15, -0.1) is 0 Å². The lowest BCUT2D eigenvalue weighted by Crippen LogP contribution is -1.88. The van der Waals surface area contributed by atoms with Gasteiger partial charge in [0.05, 0.1) is 0 Å². The summed E-state index contributed by atoms with van der Waals surface area (Å²) in [5.41, 5.74) is 0.845. The predicted octanol–water partition coefficient (Wildman–Crippen LogP) is 3.39. The van der Waals surface area contributed by atoms with Gasteiger partial charge in [0, 0.05) is 4.47 Å². The molecule has 0 atom stereocenters. The van der Waals surface area contributed by atoms with Crippen molar-refractivity contribution in [3.8, 4) is 0 Å². The van der Waals surface area contributed by atoms with Gasteiger partial charge < -0.3 is 0 Å². The summed E-state index contributed by atoms with van der Waals surface area (Å²) in [4.78, 5) is 0. The minimum atomic E-state index is -0.612. The quantitative estimate of drug-likeness (QED) is 0.717. The molecule has 1 rings (SSSR count). The highest BCUT2D eigenvalue weighted by atomic mass is 79.9. The third-order valence-electron chi connectivity index (χ3n) is 1.46. The highest BCUT2D eigenvalue weighted by Gasteiger charge is 2.01. The molecule has 0 heterocycles. The Bertz CT molecular complexity index is 248. The van der Waals surface area contributed by atoms with Crippen LogP contribution in [-0.4, -0.2) is 0 Å². The van der Waals surface area contributed by atoms with Crippen molar-refractivity contribution in [1.82, 2.24) is 0 Å². The van der Waals surface area contributed by atoms with E-state index in [9.17, 15) is 8.78 Å². The highest BCUT2D eigenvalue weighted by Crippen LogP contribution is 2.18. The van der Waals surface area contributed by atoms with E-state index >= 15 is 0 Å². The summed E-state index contributed by atoms with van der Waals surface area (Å²) >= 11 is 3.18. The van der Waals surface area contributed by atoms with Crippen molar-refractivity contribution in [1.29, 1.82) is 0 Å². The van der Waals surface area contributed by atoms with Crippen molar-refractivity contribution in [2.75, 3.05) is 0 Å². The van der Waals surface area contributed by atoms with Gasteiger partial charge in [0.25, 0.3) is 0 Å². The first kappa shape index (κ1) is 8.65. The topological polar surface area (TPSA) is 0 Å². The third kappa shape index (κ3) is 1.99. The number of halogens is 3. The van der Waals surface area contributed by atoms with Crippen molar-refractivity contribution in [2.24, 2.45) is 0 Å². The van der Waals surface area contributed by atoms with E-state index < -0.39 is 13.3 Å². The monoisotopic (exact) mass is 220 g/mol. The van der Waals surface area contributed by atoms with Gasteiger partial charge in [-0.1, -0.05) is 22.0 Å². The molecule has 11 heavy (non-hydrogen) atoms. The second-order valence-corrected chi connectivity index (χ2v) is 3.10. The van der Waals surface area contributed by atoms with Crippen LogP contribution in [0.5, 0.6) is 0 Å². The zero-order valence-electron chi connectivity index (χ0n) is 5.78. The Balaban J connectivity index is 3.06. The van der Waals surface area contributed by atoms with Crippen molar-refractivity contribution >= 4 is 15.9 Å². The van der Waals surface area contributed by atoms with Gasteiger partial charge in [-0.2, -0.15) is 0 Å². The van der Waals surface area contributed by atoms with Crippen LogP contribution in [-0.2, 0) is 13.3 Å². The van der Waals surface area contributed by atoms with Gasteiger partial charge in [-0.25, -0.2) is 8.78 Å². The Morgan fingerprint density at radius 2 is 1.73 bits per heavy atom. The molecule has 0 radical (unpaired) electrons. The van der Waals surface area contributed by atoms with Crippen LogP contribution in [0.1, 0.15) is 11.1 Å². The predicted molar refractivity (Wildman–Crippen MR) is 43.8 cm³/mol. The highest BCUT2D eigenvalue weighted by molar-refractivity contribution is 9.10. The molecule has 1 aromatic carbocycles. The Morgan fingerprint density at radius 3 is 2.27 bits per heavy atom. The van der Waals surface area contributed by atoms with Crippen LogP contribution in [0.25, 0.3) is 0 Å². The van der Waals surface area contributed by atoms with E-state index in [2.05, 4.69) is 15.9 Å². The lowest BCUT2D eigenvalue weighted by molar-refractivity contribution is 0.454. The Hall–Kier alpha value is -0.440. The molecule has 0 aromatic heterocycles. The molecular weight excluding hydrogens is 214 g/mol. The van der Waals surface area contributed by atoms with Gasteiger partial charge in [0.15, 0.2) is 0 Å². The first-order valence-corrected chi connectivity index (χ1v) is 3.96. The maximum Gasteiger partial charge on any atom is 0.115 e. The van der Waals surface area contributed by atoms with Crippen LogP contribution >= 0.6 is 15.9 Å². The van der Waals surface area contributed by atoms with E-state index in [4.69, 9.17) is 0 Å². The van der Waals surface area contributed by atoms with Crippen molar-refractivity contribution < 1.29 is 8.78 Å². The fourth-order valence-corrected chi connectivity index (χ4v) is 1.26. The van der Waals surface area contributed by atoms with Gasteiger partial charge in [-0.05, 0) is 23.3 Å². The smallest absolute Gasteiger partial charge is 0.115 e. The van der Waals surface area contributed by atoms with Crippen LogP contribution in [0.15, 0.2) is 22.7 Å². The van der Waals surface area contributed by atoms with E-state index in [1.165, 1.54) is 0 Å². The summed E-state index contributed by atoms with van der Waals surface area (Å²) in [7, 11) is 0. The van der Waals surface area contributed by atoms with E-state index in [0.29, 0.717) is 11.1 Å². The van der Waals surface area contributed by atoms with Gasteiger partial charge in [-0.3, -0.25) is 0 Å².